The molecule has 3 rings (SSSR count). The summed E-state index contributed by atoms with van der Waals surface area (Å²) in [6.45, 7) is 4.06. The van der Waals surface area contributed by atoms with Gasteiger partial charge in [-0.3, -0.25) is 4.98 Å². The number of ether oxygens (including phenoxy) is 1. The standard InChI is InChI=1S/C19H20FN5O/c1-12-5-4-8-21-16(12)9-13(2)23-19-24-17(11-22-25-19)14-6-7-18(26-3)15(20)10-14/h4-8,10-11,13H,9H2,1-3H3,(H,23,24,25). The predicted molar refractivity (Wildman–Crippen MR) is 97.5 cm³/mol. The van der Waals surface area contributed by atoms with Crippen molar-refractivity contribution in [2.24, 2.45) is 0 Å². The van der Waals surface area contributed by atoms with E-state index in [4.69, 9.17) is 4.74 Å². The number of hydrogen-bond acceptors (Lipinski definition) is 6. The topological polar surface area (TPSA) is 72.8 Å². The maximum atomic E-state index is 13.9. The summed E-state index contributed by atoms with van der Waals surface area (Å²) in [5.41, 5.74) is 3.30. The summed E-state index contributed by atoms with van der Waals surface area (Å²) in [6, 6.07) is 8.68. The molecule has 1 atom stereocenters. The predicted octanol–water partition coefficient (Wildman–Crippen LogP) is 3.43. The number of hydrogen-bond donors (Lipinski definition) is 1. The van der Waals surface area contributed by atoms with Crippen LogP contribution in [0.2, 0.25) is 0 Å². The van der Waals surface area contributed by atoms with Crippen LogP contribution < -0.4 is 10.1 Å². The van der Waals surface area contributed by atoms with Gasteiger partial charge in [-0.05, 0) is 43.7 Å². The molecule has 26 heavy (non-hydrogen) atoms. The second kappa shape index (κ2) is 7.86. The number of rotatable bonds is 6. The minimum absolute atomic E-state index is 0.0632. The lowest BCUT2D eigenvalue weighted by molar-refractivity contribution is 0.386. The van der Waals surface area contributed by atoms with Crippen LogP contribution >= 0.6 is 0 Å². The summed E-state index contributed by atoms with van der Waals surface area (Å²) in [6.07, 6.45) is 4.02. The van der Waals surface area contributed by atoms with E-state index in [9.17, 15) is 4.39 Å². The maximum Gasteiger partial charge on any atom is 0.243 e. The van der Waals surface area contributed by atoms with Crippen LogP contribution in [0.1, 0.15) is 18.2 Å². The minimum Gasteiger partial charge on any atom is -0.494 e. The van der Waals surface area contributed by atoms with E-state index in [1.165, 1.54) is 19.4 Å². The second-order valence-electron chi connectivity index (χ2n) is 6.03. The van der Waals surface area contributed by atoms with Crippen molar-refractivity contribution in [2.45, 2.75) is 26.3 Å². The molecule has 7 heteroatoms. The molecule has 0 saturated carbocycles. The van der Waals surface area contributed by atoms with Crippen molar-refractivity contribution in [1.82, 2.24) is 20.2 Å². The molecule has 0 aliphatic carbocycles. The number of methoxy groups -OCH3 is 1. The molecule has 3 aromatic rings. The van der Waals surface area contributed by atoms with Crippen molar-refractivity contribution < 1.29 is 9.13 Å². The molecule has 0 saturated heterocycles. The van der Waals surface area contributed by atoms with Crippen LogP contribution in [-0.4, -0.2) is 33.3 Å². The molecule has 0 fully saturated rings. The Bertz CT molecular complexity index is 903. The zero-order valence-electron chi connectivity index (χ0n) is 14.9. The van der Waals surface area contributed by atoms with Gasteiger partial charge >= 0.3 is 0 Å². The summed E-state index contributed by atoms with van der Waals surface area (Å²) in [4.78, 5) is 8.83. The smallest absolute Gasteiger partial charge is 0.243 e. The molecule has 0 radical (unpaired) electrons. The average molecular weight is 353 g/mol. The number of nitrogens with zero attached hydrogens (tertiary/aromatic N) is 4. The van der Waals surface area contributed by atoms with Crippen molar-refractivity contribution in [2.75, 3.05) is 12.4 Å². The number of nitrogens with one attached hydrogen (secondary N) is 1. The highest BCUT2D eigenvalue weighted by molar-refractivity contribution is 5.60. The Kier molecular flexibility index (Phi) is 5.36. The molecular formula is C19H20FN5O. The lowest BCUT2D eigenvalue weighted by Gasteiger charge is -2.14. The van der Waals surface area contributed by atoms with E-state index in [1.54, 1.807) is 18.3 Å². The van der Waals surface area contributed by atoms with E-state index < -0.39 is 5.82 Å². The van der Waals surface area contributed by atoms with Gasteiger partial charge in [-0.2, -0.15) is 5.10 Å². The Labute approximate surface area is 151 Å². The first kappa shape index (κ1) is 17.7. The van der Waals surface area contributed by atoms with Gasteiger partial charge in [0.2, 0.25) is 5.95 Å². The highest BCUT2D eigenvalue weighted by atomic mass is 19.1. The monoisotopic (exact) mass is 353 g/mol. The third-order valence-corrected chi connectivity index (χ3v) is 4.00. The molecule has 134 valence electrons. The SMILES string of the molecule is COc1ccc(-c2cnnc(NC(C)Cc3ncccc3C)n2)cc1F. The molecule has 0 bridgehead atoms. The summed E-state index contributed by atoms with van der Waals surface area (Å²) in [5, 5.41) is 11.2. The molecule has 1 aromatic carbocycles. The first-order valence-electron chi connectivity index (χ1n) is 8.27. The van der Waals surface area contributed by atoms with E-state index in [2.05, 4.69) is 25.5 Å². The number of aryl methyl sites for hydroxylation is 1. The van der Waals surface area contributed by atoms with Crippen molar-refractivity contribution in [3.05, 3.63) is 59.8 Å². The Morgan fingerprint density at radius 3 is 2.85 bits per heavy atom. The lowest BCUT2D eigenvalue weighted by atomic mass is 10.1. The molecule has 6 nitrogen and oxygen atoms in total. The number of anilines is 1. The molecule has 0 aliphatic heterocycles. The molecule has 1 unspecified atom stereocenters. The van der Waals surface area contributed by atoms with Crippen LogP contribution in [0, 0.1) is 12.7 Å². The van der Waals surface area contributed by atoms with E-state index in [0.29, 0.717) is 17.2 Å². The highest BCUT2D eigenvalue weighted by Crippen LogP contribution is 2.24. The molecule has 0 spiro atoms. The summed E-state index contributed by atoms with van der Waals surface area (Å²) in [5.74, 6) is 0.130. The Balaban J connectivity index is 1.75. The molecule has 0 amide bonds. The fourth-order valence-electron chi connectivity index (χ4n) is 2.62. The van der Waals surface area contributed by atoms with E-state index in [0.717, 1.165) is 17.7 Å². The van der Waals surface area contributed by atoms with Gasteiger partial charge in [-0.15, -0.1) is 5.10 Å². The van der Waals surface area contributed by atoms with Gasteiger partial charge in [-0.25, -0.2) is 9.37 Å². The number of halogens is 1. The molecule has 0 aliphatic rings. The normalized spacial score (nSPS) is 11.8. The second-order valence-corrected chi connectivity index (χ2v) is 6.03. The zero-order valence-corrected chi connectivity index (χ0v) is 14.9. The Hall–Kier alpha value is -3.09. The lowest BCUT2D eigenvalue weighted by Crippen LogP contribution is -2.21. The average Bonchev–Trinajstić information content (AvgIpc) is 2.64. The fourth-order valence-corrected chi connectivity index (χ4v) is 2.62. The Morgan fingerprint density at radius 2 is 2.12 bits per heavy atom. The first-order valence-corrected chi connectivity index (χ1v) is 8.27. The quantitative estimate of drug-likeness (QED) is 0.732. The molecule has 2 heterocycles. The van der Waals surface area contributed by atoms with Gasteiger partial charge in [0.15, 0.2) is 11.6 Å². The summed E-state index contributed by atoms with van der Waals surface area (Å²) < 4.78 is 18.9. The van der Waals surface area contributed by atoms with Gasteiger partial charge in [-0.1, -0.05) is 6.07 Å². The van der Waals surface area contributed by atoms with Crippen LogP contribution in [-0.2, 0) is 6.42 Å². The van der Waals surface area contributed by atoms with Gasteiger partial charge in [0.1, 0.15) is 0 Å². The maximum absolute atomic E-state index is 13.9. The van der Waals surface area contributed by atoms with Gasteiger partial charge < -0.3 is 10.1 Å². The molecule has 2 aromatic heterocycles. The number of aromatic nitrogens is 4. The van der Waals surface area contributed by atoms with Crippen LogP contribution in [0.3, 0.4) is 0 Å². The third kappa shape index (κ3) is 4.11. The summed E-state index contributed by atoms with van der Waals surface area (Å²) in [7, 11) is 1.43. The van der Waals surface area contributed by atoms with E-state index >= 15 is 0 Å². The van der Waals surface area contributed by atoms with E-state index in [1.807, 2.05) is 26.0 Å². The number of benzene rings is 1. The minimum atomic E-state index is -0.447. The molecular weight excluding hydrogens is 333 g/mol. The van der Waals surface area contributed by atoms with E-state index in [-0.39, 0.29) is 11.8 Å². The zero-order chi connectivity index (χ0) is 18.5. The van der Waals surface area contributed by atoms with Crippen LogP contribution in [0.5, 0.6) is 5.75 Å². The van der Waals surface area contributed by atoms with Crippen LogP contribution in [0.15, 0.2) is 42.7 Å². The fraction of sp³-hybridized carbons (Fsp3) is 0.263. The Morgan fingerprint density at radius 1 is 1.27 bits per heavy atom. The van der Waals surface area contributed by atoms with Crippen LogP contribution in [0.25, 0.3) is 11.3 Å². The van der Waals surface area contributed by atoms with Crippen molar-refractivity contribution in [3.63, 3.8) is 0 Å². The van der Waals surface area contributed by atoms with Gasteiger partial charge in [0, 0.05) is 29.9 Å². The number of pyridine rings is 1. The third-order valence-electron chi connectivity index (χ3n) is 4.00. The highest BCUT2D eigenvalue weighted by Gasteiger charge is 2.11. The van der Waals surface area contributed by atoms with Crippen molar-refractivity contribution in [3.8, 4) is 17.0 Å². The first-order chi connectivity index (χ1) is 12.6. The summed E-state index contributed by atoms with van der Waals surface area (Å²) >= 11 is 0. The van der Waals surface area contributed by atoms with Crippen LogP contribution in [0.4, 0.5) is 10.3 Å². The largest absolute Gasteiger partial charge is 0.494 e. The van der Waals surface area contributed by atoms with Gasteiger partial charge in [0.05, 0.1) is 19.0 Å². The van der Waals surface area contributed by atoms with Crippen molar-refractivity contribution >= 4 is 5.95 Å². The molecule has 1 N–H and O–H groups in total. The van der Waals surface area contributed by atoms with Gasteiger partial charge in [0.25, 0.3) is 0 Å². The van der Waals surface area contributed by atoms with Crippen molar-refractivity contribution in [1.29, 1.82) is 0 Å².